The molecule has 0 aliphatic carbocycles. The Bertz CT molecular complexity index is 1440. The second kappa shape index (κ2) is 7.86. The number of aromatic nitrogens is 2. The van der Waals surface area contributed by atoms with Crippen molar-refractivity contribution < 1.29 is 21.5 Å². The zero-order valence-corrected chi connectivity index (χ0v) is 17.4. The van der Waals surface area contributed by atoms with E-state index in [2.05, 4.69) is 30.3 Å². The van der Waals surface area contributed by atoms with E-state index in [4.69, 9.17) is 15.5 Å². The lowest BCUT2D eigenvalue weighted by Gasteiger charge is -2.17. The fourth-order valence-electron chi connectivity index (χ4n) is 3.16. The number of sulfonamides is 2. The topological polar surface area (TPSA) is 208 Å². The maximum Gasteiger partial charge on any atom is 0.241 e. The van der Waals surface area contributed by atoms with Gasteiger partial charge in [0.2, 0.25) is 20.0 Å². The van der Waals surface area contributed by atoms with Crippen LogP contribution in [-0.4, -0.2) is 52.7 Å². The fourth-order valence-corrected chi connectivity index (χ4v) is 5.80. The average Bonchev–Trinajstić information content (AvgIpc) is 3.42. The van der Waals surface area contributed by atoms with E-state index < -0.39 is 29.8 Å². The highest BCUT2D eigenvalue weighted by Crippen LogP contribution is 2.37. The predicted octanol–water partition coefficient (Wildman–Crippen LogP) is -0.0559. The molecule has 4 rings (SSSR count). The minimum atomic E-state index is -4.57. The molecule has 0 bridgehead atoms. The van der Waals surface area contributed by atoms with Gasteiger partial charge in [-0.1, -0.05) is 18.2 Å². The van der Waals surface area contributed by atoms with Gasteiger partial charge >= 0.3 is 0 Å². The van der Waals surface area contributed by atoms with Gasteiger partial charge in [0.25, 0.3) is 0 Å². The van der Waals surface area contributed by atoms with Crippen LogP contribution >= 0.6 is 0 Å². The van der Waals surface area contributed by atoms with Gasteiger partial charge in [-0.2, -0.15) is 5.11 Å². The summed E-state index contributed by atoms with van der Waals surface area (Å²) in [7, 11) is -8.85. The van der Waals surface area contributed by atoms with Gasteiger partial charge in [-0.3, -0.25) is 0 Å². The minimum Gasteiger partial charge on any atom is -0.329 e. The summed E-state index contributed by atoms with van der Waals surface area (Å²) in [6.07, 6.45) is 0. The molecule has 2 aromatic carbocycles. The Hall–Kier alpha value is -3.11. The second-order valence-corrected chi connectivity index (χ2v) is 9.58. The first-order valence-electron chi connectivity index (χ1n) is 8.77. The van der Waals surface area contributed by atoms with Crippen molar-refractivity contribution in [3.05, 3.63) is 35.9 Å². The van der Waals surface area contributed by atoms with Crippen LogP contribution in [-0.2, 0) is 20.0 Å². The number of nitrogens with zero attached hydrogens (tertiary/aromatic N) is 5. The molecule has 162 valence electrons. The van der Waals surface area contributed by atoms with E-state index in [1.165, 1.54) is 6.07 Å². The van der Waals surface area contributed by atoms with Crippen molar-refractivity contribution in [2.75, 3.05) is 19.8 Å². The predicted molar refractivity (Wildman–Crippen MR) is 109 cm³/mol. The Morgan fingerprint density at radius 1 is 1.06 bits per heavy atom. The molecule has 5 N–H and O–H groups in total. The Labute approximate surface area is 176 Å². The highest BCUT2D eigenvalue weighted by atomic mass is 32.2. The molecule has 0 amide bonds. The Morgan fingerprint density at radius 3 is 2.55 bits per heavy atom. The van der Waals surface area contributed by atoms with Crippen LogP contribution in [0.2, 0.25) is 0 Å². The molecular formula is C16H16N8O5S2. The number of rotatable bonds is 7. The van der Waals surface area contributed by atoms with Gasteiger partial charge in [0.15, 0.2) is 12.5 Å². The summed E-state index contributed by atoms with van der Waals surface area (Å²) in [6.45, 7) is -0.137. The van der Waals surface area contributed by atoms with Gasteiger partial charge in [-0.25, -0.2) is 36.3 Å². The van der Waals surface area contributed by atoms with E-state index in [9.17, 15) is 16.8 Å². The van der Waals surface area contributed by atoms with E-state index in [0.29, 0.717) is 16.6 Å². The standard InChI is InChI=1S/C16H16N8O5S2/c17-6-7-21-31(27,28)12-5-4-9(10-2-1-3-11-14(10)24-29-23-11)13(15(12)30(18,25)26)16-19-8-20-22-16/h1-5,21H,6-8,17H2,(H2,18,25,26). The maximum atomic E-state index is 12.8. The minimum absolute atomic E-state index is 0.0109. The molecule has 1 aromatic heterocycles. The van der Waals surface area contributed by atoms with Gasteiger partial charge < -0.3 is 5.73 Å². The second-order valence-electron chi connectivity index (χ2n) is 6.35. The number of hydrogen-bond acceptors (Lipinski definition) is 11. The zero-order valence-electron chi connectivity index (χ0n) is 15.8. The highest BCUT2D eigenvalue weighted by Gasteiger charge is 2.33. The van der Waals surface area contributed by atoms with Crippen molar-refractivity contribution in [3.8, 4) is 11.1 Å². The van der Waals surface area contributed by atoms with E-state index in [1.54, 1.807) is 18.2 Å². The van der Waals surface area contributed by atoms with Crippen LogP contribution in [0.3, 0.4) is 0 Å². The molecule has 0 radical (unpaired) electrons. The smallest absolute Gasteiger partial charge is 0.241 e. The van der Waals surface area contributed by atoms with Crippen LogP contribution in [0, 0.1) is 0 Å². The number of nitrogens with one attached hydrogen (secondary N) is 1. The van der Waals surface area contributed by atoms with Crippen LogP contribution in [0.25, 0.3) is 22.2 Å². The van der Waals surface area contributed by atoms with Crippen molar-refractivity contribution in [2.45, 2.75) is 9.79 Å². The third-order valence-corrected chi connectivity index (χ3v) is 7.01. The summed E-state index contributed by atoms with van der Waals surface area (Å²) >= 11 is 0. The van der Waals surface area contributed by atoms with Gasteiger partial charge in [0, 0.05) is 18.7 Å². The fraction of sp³-hybridized carbons (Fsp3) is 0.188. The first kappa shape index (κ1) is 21.1. The van der Waals surface area contributed by atoms with Gasteiger partial charge in [-0.15, -0.1) is 5.11 Å². The summed E-state index contributed by atoms with van der Waals surface area (Å²) in [4.78, 5) is 2.87. The molecule has 13 nitrogen and oxygen atoms in total. The number of aliphatic imine (C=N–C) groups is 1. The average molecular weight is 464 g/mol. The van der Waals surface area contributed by atoms with Crippen LogP contribution in [0.4, 0.5) is 0 Å². The molecule has 0 saturated heterocycles. The Balaban J connectivity index is 2.11. The SMILES string of the molecule is NCCNS(=O)(=O)c1ccc(-c2cccc3nonc23)c(C2=NCN=N2)c1S(N)(=O)=O. The number of fused-ring (bicyclic) bond motifs is 1. The molecule has 0 fully saturated rings. The first-order chi connectivity index (χ1) is 14.7. The number of primary sulfonamides is 1. The summed E-state index contributed by atoms with van der Waals surface area (Å²) < 4.78 is 57.9. The molecule has 1 aliphatic heterocycles. The number of hydrogen-bond donors (Lipinski definition) is 3. The van der Waals surface area contributed by atoms with E-state index in [-0.39, 0.29) is 36.7 Å². The summed E-state index contributed by atoms with van der Waals surface area (Å²) in [6, 6.07) is 7.51. The third-order valence-electron chi connectivity index (χ3n) is 4.38. The van der Waals surface area contributed by atoms with Crippen LogP contribution in [0.5, 0.6) is 0 Å². The normalized spacial score (nSPS) is 14.3. The molecular weight excluding hydrogens is 448 g/mol. The van der Waals surface area contributed by atoms with Gasteiger partial charge in [-0.05, 0) is 28.0 Å². The lowest BCUT2D eigenvalue weighted by atomic mass is 9.97. The molecule has 0 saturated carbocycles. The zero-order chi connectivity index (χ0) is 22.2. The van der Waals surface area contributed by atoms with Crippen LogP contribution < -0.4 is 15.6 Å². The van der Waals surface area contributed by atoms with Crippen molar-refractivity contribution in [2.24, 2.45) is 26.1 Å². The van der Waals surface area contributed by atoms with Crippen LogP contribution in [0.15, 0.2) is 60.0 Å². The molecule has 0 unspecified atom stereocenters. The van der Waals surface area contributed by atoms with E-state index in [1.807, 2.05) is 0 Å². The quantitative estimate of drug-likeness (QED) is 0.430. The van der Waals surface area contributed by atoms with Crippen molar-refractivity contribution >= 4 is 36.9 Å². The summed E-state index contributed by atoms with van der Waals surface area (Å²) in [5.74, 6) is -0.0802. The summed E-state index contributed by atoms with van der Waals surface area (Å²) in [5, 5.41) is 20.7. The Morgan fingerprint density at radius 2 is 1.87 bits per heavy atom. The number of amidine groups is 1. The molecule has 0 spiro atoms. The largest absolute Gasteiger partial charge is 0.329 e. The highest BCUT2D eigenvalue weighted by molar-refractivity contribution is 7.92. The van der Waals surface area contributed by atoms with E-state index >= 15 is 0 Å². The van der Waals surface area contributed by atoms with Crippen LogP contribution in [0.1, 0.15) is 5.56 Å². The molecule has 0 atom stereocenters. The number of nitrogens with two attached hydrogens (primary N) is 2. The first-order valence-corrected chi connectivity index (χ1v) is 11.8. The molecule has 1 aliphatic rings. The van der Waals surface area contributed by atoms with Crippen molar-refractivity contribution in [1.82, 2.24) is 15.0 Å². The molecule has 3 aromatic rings. The van der Waals surface area contributed by atoms with Crippen molar-refractivity contribution in [1.29, 1.82) is 0 Å². The molecule has 31 heavy (non-hydrogen) atoms. The monoisotopic (exact) mass is 464 g/mol. The summed E-state index contributed by atoms with van der Waals surface area (Å²) in [5.41, 5.74) is 6.68. The van der Waals surface area contributed by atoms with E-state index in [0.717, 1.165) is 6.07 Å². The lowest BCUT2D eigenvalue weighted by Crippen LogP contribution is -2.31. The number of benzene rings is 2. The maximum absolute atomic E-state index is 12.8. The van der Waals surface area contributed by atoms with Crippen molar-refractivity contribution in [3.63, 3.8) is 0 Å². The third kappa shape index (κ3) is 3.84. The molecule has 15 heteroatoms. The Kier molecular flexibility index (Phi) is 5.36. The number of azo groups is 1. The lowest BCUT2D eigenvalue weighted by molar-refractivity contribution is 0.315. The van der Waals surface area contributed by atoms with Gasteiger partial charge in [0.1, 0.15) is 20.8 Å². The van der Waals surface area contributed by atoms with Gasteiger partial charge in [0.05, 0.1) is 5.56 Å². The molecule has 2 heterocycles.